The molecule has 0 aliphatic heterocycles. The lowest BCUT2D eigenvalue weighted by Crippen LogP contribution is -2.33. The van der Waals surface area contributed by atoms with Crippen LogP contribution < -0.4 is 5.32 Å². The van der Waals surface area contributed by atoms with Crippen LogP contribution in [0, 0.1) is 0 Å². The largest absolute Gasteiger partial charge is 0.507 e. The zero-order valence-corrected chi connectivity index (χ0v) is 12.6. The molecular weight excluding hydrogens is 314 g/mol. The van der Waals surface area contributed by atoms with Crippen molar-refractivity contribution < 1.29 is 9.90 Å². The summed E-state index contributed by atoms with van der Waals surface area (Å²) in [5.74, 6) is -0.0133. The molecule has 1 aliphatic carbocycles. The Morgan fingerprint density at radius 1 is 1.50 bits per heavy atom. The molecule has 2 N–H and O–H groups in total. The Bertz CT molecular complexity index is 453. The number of thioether (sulfide) groups is 1. The maximum absolute atomic E-state index is 12.0. The molecule has 0 unspecified atom stereocenters. The fourth-order valence-electron chi connectivity index (χ4n) is 2.21. The van der Waals surface area contributed by atoms with Gasteiger partial charge in [0.05, 0.1) is 4.47 Å². The standard InChI is InChI=1S/C13H16BrNO2S/c1-18-10-4-3-9(7-10)15-13(17)8-2-5-11(14)12(16)6-8/h2,5-6,9-10,16H,3-4,7H2,1H3,(H,15,17)/t9-,10-/m1/s1. The predicted molar refractivity (Wildman–Crippen MR) is 78.2 cm³/mol. The van der Waals surface area contributed by atoms with E-state index in [4.69, 9.17) is 0 Å². The van der Waals surface area contributed by atoms with Crippen LogP contribution in [0.3, 0.4) is 0 Å². The first-order chi connectivity index (χ1) is 8.60. The highest BCUT2D eigenvalue weighted by Crippen LogP contribution is 2.29. The summed E-state index contributed by atoms with van der Waals surface area (Å²) < 4.78 is 0.599. The molecule has 0 saturated heterocycles. The number of hydrogen-bond donors (Lipinski definition) is 2. The van der Waals surface area contributed by atoms with Crippen LogP contribution in [0.5, 0.6) is 5.75 Å². The fraction of sp³-hybridized carbons (Fsp3) is 0.462. The van der Waals surface area contributed by atoms with Crippen LogP contribution in [-0.2, 0) is 0 Å². The number of phenols is 1. The SMILES string of the molecule is CS[C@@H]1CC[C@@H](NC(=O)c2ccc(Br)c(O)c2)C1. The summed E-state index contributed by atoms with van der Waals surface area (Å²) in [4.78, 5) is 12.0. The van der Waals surface area contributed by atoms with Crippen molar-refractivity contribution in [1.29, 1.82) is 0 Å². The Morgan fingerprint density at radius 2 is 2.28 bits per heavy atom. The van der Waals surface area contributed by atoms with Gasteiger partial charge in [0.15, 0.2) is 0 Å². The van der Waals surface area contributed by atoms with E-state index >= 15 is 0 Å². The third kappa shape index (κ3) is 3.20. The summed E-state index contributed by atoms with van der Waals surface area (Å²) >= 11 is 5.07. The van der Waals surface area contributed by atoms with E-state index in [1.807, 2.05) is 11.8 Å². The highest BCUT2D eigenvalue weighted by Gasteiger charge is 2.25. The number of rotatable bonds is 3. The first-order valence-corrected chi connectivity index (χ1v) is 8.00. The Hall–Kier alpha value is -0.680. The third-order valence-corrected chi connectivity index (χ3v) is 5.03. The smallest absolute Gasteiger partial charge is 0.251 e. The van der Waals surface area contributed by atoms with E-state index in [9.17, 15) is 9.90 Å². The number of benzene rings is 1. The lowest BCUT2D eigenvalue weighted by molar-refractivity contribution is 0.0937. The van der Waals surface area contributed by atoms with Gasteiger partial charge in [-0.15, -0.1) is 0 Å². The zero-order valence-electron chi connectivity index (χ0n) is 10.1. The molecule has 1 aromatic rings. The summed E-state index contributed by atoms with van der Waals surface area (Å²) in [5.41, 5.74) is 0.503. The molecule has 2 atom stereocenters. The quantitative estimate of drug-likeness (QED) is 0.895. The number of carbonyl (C=O) groups is 1. The Morgan fingerprint density at radius 3 is 2.89 bits per heavy atom. The van der Waals surface area contributed by atoms with Gasteiger partial charge in [-0.25, -0.2) is 0 Å². The molecule has 1 saturated carbocycles. The summed E-state index contributed by atoms with van der Waals surface area (Å²) in [7, 11) is 0. The molecule has 5 heteroatoms. The number of hydrogen-bond acceptors (Lipinski definition) is 3. The molecule has 18 heavy (non-hydrogen) atoms. The minimum Gasteiger partial charge on any atom is -0.507 e. The predicted octanol–water partition coefficient (Wildman–Crippen LogP) is 3.17. The Balaban J connectivity index is 1.97. The Labute approximate surface area is 119 Å². The van der Waals surface area contributed by atoms with Crippen molar-refractivity contribution in [1.82, 2.24) is 5.32 Å². The van der Waals surface area contributed by atoms with Crippen LogP contribution in [-0.4, -0.2) is 28.6 Å². The van der Waals surface area contributed by atoms with Crippen molar-refractivity contribution >= 4 is 33.6 Å². The third-order valence-electron chi connectivity index (χ3n) is 3.26. The van der Waals surface area contributed by atoms with Crippen LogP contribution in [0.15, 0.2) is 22.7 Å². The molecular formula is C13H16BrNO2S. The van der Waals surface area contributed by atoms with Crippen molar-refractivity contribution in [3.8, 4) is 5.75 Å². The van der Waals surface area contributed by atoms with Gasteiger partial charge in [-0.05, 0) is 59.6 Å². The number of phenolic OH excluding ortho intramolecular Hbond substituents is 1. The molecule has 1 amide bonds. The fourth-order valence-corrected chi connectivity index (χ4v) is 3.25. The number of aromatic hydroxyl groups is 1. The van der Waals surface area contributed by atoms with Gasteiger partial charge in [-0.3, -0.25) is 4.79 Å². The lowest BCUT2D eigenvalue weighted by Gasteiger charge is -2.13. The van der Waals surface area contributed by atoms with Crippen molar-refractivity contribution in [2.24, 2.45) is 0 Å². The molecule has 0 heterocycles. The zero-order chi connectivity index (χ0) is 13.1. The summed E-state index contributed by atoms with van der Waals surface area (Å²) in [6.45, 7) is 0. The lowest BCUT2D eigenvalue weighted by atomic mass is 10.1. The van der Waals surface area contributed by atoms with Gasteiger partial charge < -0.3 is 10.4 Å². The number of amides is 1. The number of carbonyl (C=O) groups excluding carboxylic acids is 1. The molecule has 98 valence electrons. The van der Waals surface area contributed by atoms with Crippen molar-refractivity contribution in [2.75, 3.05) is 6.26 Å². The minimum absolute atomic E-state index is 0.0936. The van der Waals surface area contributed by atoms with E-state index in [2.05, 4.69) is 27.5 Å². The monoisotopic (exact) mass is 329 g/mol. The van der Waals surface area contributed by atoms with Crippen LogP contribution in [0.1, 0.15) is 29.6 Å². The number of nitrogens with one attached hydrogen (secondary N) is 1. The molecule has 1 aromatic carbocycles. The van der Waals surface area contributed by atoms with E-state index < -0.39 is 0 Å². The van der Waals surface area contributed by atoms with Crippen LogP contribution in [0.25, 0.3) is 0 Å². The highest BCUT2D eigenvalue weighted by atomic mass is 79.9. The molecule has 0 radical (unpaired) electrons. The molecule has 1 fully saturated rings. The second kappa shape index (κ2) is 5.97. The van der Waals surface area contributed by atoms with E-state index in [1.165, 1.54) is 6.07 Å². The van der Waals surface area contributed by atoms with E-state index in [-0.39, 0.29) is 17.7 Å². The van der Waals surface area contributed by atoms with Gasteiger partial charge in [0.2, 0.25) is 0 Å². The van der Waals surface area contributed by atoms with Gasteiger partial charge in [0.25, 0.3) is 5.91 Å². The normalized spacial score (nSPS) is 23.0. The van der Waals surface area contributed by atoms with E-state index in [0.29, 0.717) is 15.3 Å². The molecule has 3 nitrogen and oxygen atoms in total. The second-order valence-corrected chi connectivity index (χ2v) is 6.50. The van der Waals surface area contributed by atoms with Crippen molar-refractivity contribution in [3.05, 3.63) is 28.2 Å². The average Bonchev–Trinajstić information content (AvgIpc) is 2.80. The first kappa shape index (κ1) is 13.7. The van der Waals surface area contributed by atoms with Crippen molar-refractivity contribution in [3.63, 3.8) is 0 Å². The minimum atomic E-state index is -0.107. The first-order valence-electron chi connectivity index (χ1n) is 5.92. The van der Waals surface area contributed by atoms with Crippen LogP contribution >= 0.6 is 27.7 Å². The van der Waals surface area contributed by atoms with Crippen LogP contribution in [0.2, 0.25) is 0 Å². The average molecular weight is 330 g/mol. The topological polar surface area (TPSA) is 49.3 Å². The maximum atomic E-state index is 12.0. The molecule has 2 rings (SSSR count). The summed E-state index contributed by atoms with van der Waals surface area (Å²) in [5, 5.41) is 13.2. The van der Waals surface area contributed by atoms with Crippen LogP contribution in [0.4, 0.5) is 0 Å². The molecule has 1 aliphatic rings. The van der Waals surface area contributed by atoms with Gasteiger partial charge in [0, 0.05) is 16.9 Å². The number of halogens is 1. The van der Waals surface area contributed by atoms with Gasteiger partial charge in [-0.1, -0.05) is 0 Å². The molecule has 0 bridgehead atoms. The Kier molecular flexibility index (Phi) is 4.56. The molecule has 0 aromatic heterocycles. The van der Waals surface area contributed by atoms with Crippen molar-refractivity contribution in [2.45, 2.75) is 30.6 Å². The van der Waals surface area contributed by atoms with E-state index in [1.54, 1.807) is 12.1 Å². The summed E-state index contributed by atoms with van der Waals surface area (Å²) in [6.07, 6.45) is 5.36. The van der Waals surface area contributed by atoms with Gasteiger partial charge >= 0.3 is 0 Å². The van der Waals surface area contributed by atoms with E-state index in [0.717, 1.165) is 19.3 Å². The van der Waals surface area contributed by atoms with Gasteiger partial charge in [0.1, 0.15) is 5.75 Å². The highest BCUT2D eigenvalue weighted by molar-refractivity contribution is 9.10. The maximum Gasteiger partial charge on any atom is 0.251 e. The second-order valence-electron chi connectivity index (χ2n) is 4.51. The molecule has 0 spiro atoms. The summed E-state index contributed by atoms with van der Waals surface area (Å²) in [6, 6.07) is 5.14. The van der Waals surface area contributed by atoms with Gasteiger partial charge in [-0.2, -0.15) is 11.8 Å².